The van der Waals surface area contributed by atoms with E-state index in [0.29, 0.717) is 17.6 Å². The summed E-state index contributed by atoms with van der Waals surface area (Å²) in [5.74, 6) is 0.0451. The second-order valence-electron chi connectivity index (χ2n) is 7.41. The monoisotopic (exact) mass is 373 g/mol. The molecule has 1 aromatic rings. The first-order chi connectivity index (χ1) is 12.5. The minimum Gasteiger partial charge on any atom is -0.339 e. The average molecular weight is 373 g/mol. The Bertz CT molecular complexity index is 725. The van der Waals surface area contributed by atoms with Gasteiger partial charge in [0, 0.05) is 30.7 Å². The van der Waals surface area contributed by atoms with Gasteiger partial charge in [0.25, 0.3) is 11.1 Å². The highest BCUT2D eigenvalue weighted by atomic mass is 32.2. The van der Waals surface area contributed by atoms with Gasteiger partial charge in [-0.1, -0.05) is 23.9 Å². The molecule has 3 saturated heterocycles. The predicted octanol–water partition coefficient (Wildman–Crippen LogP) is 2.24. The fraction of sp³-hybridized carbons (Fsp3) is 0.526. The summed E-state index contributed by atoms with van der Waals surface area (Å²) in [7, 11) is 1.88. The molecule has 3 fully saturated rings. The molecule has 2 bridgehead atoms. The highest BCUT2D eigenvalue weighted by Gasteiger charge is 2.36. The minimum atomic E-state index is -0.214. The van der Waals surface area contributed by atoms with E-state index in [9.17, 15) is 14.4 Å². The number of fused-ring (bicyclic) bond motifs is 2. The second-order valence-corrected chi connectivity index (χ2v) is 8.34. The summed E-state index contributed by atoms with van der Waals surface area (Å²) in [6.07, 6.45) is 4.42. The van der Waals surface area contributed by atoms with Crippen LogP contribution in [0.2, 0.25) is 0 Å². The second kappa shape index (κ2) is 7.04. The van der Waals surface area contributed by atoms with E-state index in [0.717, 1.165) is 30.2 Å². The van der Waals surface area contributed by atoms with Gasteiger partial charge in [-0.2, -0.15) is 0 Å². The maximum atomic E-state index is 12.9. The summed E-state index contributed by atoms with van der Waals surface area (Å²) in [5.41, 5.74) is 1.42. The van der Waals surface area contributed by atoms with Gasteiger partial charge in [-0.15, -0.1) is 0 Å². The number of thioether (sulfide) groups is 1. The third-order valence-electron chi connectivity index (χ3n) is 5.67. The molecule has 26 heavy (non-hydrogen) atoms. The topological polar surface area (TPSA) is 69.7 Å². The molecule has 1 N–H and O–H groups in total. The zero-order valence-electron chi connectivity index (χ0n) is 14.8. The van der Waals surface area contributed by atoms with Gasteiger partial charge in [0.1, 0.15) is 0 Å². The predicted molar refractivity (Wildman–Crippen MR) is 99.9 cm³/mol. The maximum absolute atomic E-state index is 12.9. The van der Waals surface area contributed by atoms with Crippen LogP contribution in [-0.2, 0) is 11.3 Å². The fourth-order valence-electron chi connectivity index (χ4n) is 4.23. The van der Waals surface area contributed by atoms with E-state index in [4.69, 9.17) is 0 Å². The van der Waals surface area contributed by atoms with Crippen LogP contribution in [0.5, 0.6) is 0 Å². The highest BCUT2D eigenvalue weighted by Crippen LogP contribution is 2.30. The van der Waals surface area contributed by atoms with Crippen molar-refractivity contribution in [3.63, 3.8) is 0 Å². The molecule has 3 aliphatic heterocycles. The lowest BCUT2D eigenvalue weighted by Gasteiger charge is -2.35. The summed E-state index contributed by atoms with van der Waals surface area (Å²) < 4.78 is 0. The van der Waals surface area contributed by atoms with E-state index >= 15 is 0 Å². The number of benzene rings is 1. The molecule has 0 aromatic heterocycles. The van der Waals surface area contributed by atoms with Gasteiger partial charge in [0.05, 0.1) is 12.3 Å². The third-order valence-corrected chi connectivity index (χ3v) is 6.53. The van der Waals surface area contributed by atoms with Crippen LogP contribution in [0.3, 0.4) is 0 Å². The first kappa shape index (κ1) is 17.5. The van der Waals surface area contributed by atoms with Gasteiger partial charge >= 0.3 is 0 Å². The van der Waals surface area contributed by atoms with Crippen molar-refractivity contribution < 1.29 is 14.4 Å². The standard InChI is InChI=1S/C19H23N3O3S/c1-21(16-8-14-5-6-15(9-16)20-14)18(24)13-4-2-3-12(7-13)10-22-17(23)11-26-19(22)25/h2-4,7,14-16,20H,5-6,8-11H2,1H3. The number of hydrogen-bond acceptors (Lipinski definition) is 5. The molecule has 1 aromatic carbocycles. The van der Waals surface area contributed by atoms with E-state index < -0.39 is 0 Å². The van der Waals surface area contributed by atoms with Gasteiger partial charge in [-0.25, -0.2) is 0 Å². The van der Waals surface area contributed by atoms with Crippen molar-refractivity contribution in [3.8, 4) is 0 Å². The summed E-state index contributed by atoms with van der Waals surface area (Å²) in [6.45, 7) is 0.229. The van der Waals surface area contributed by atoms with Crippen molar-refractivity contribution >= 4 is 28.8 Å². The molecule has 3 aliphatic rings. The molecular weight excluding hydrogens is 350 g/mol. The smallest absolute Gasteiger partial charge is 0.289 e. The fourth-order valence-corrected chi connectivity index (χ4v) is 4.96. The van der Waals surface area contributed by atoms with Crippen molar-refractivity contribution in [1.82, 2.24) is 15.1 Å². The zero-order valence-corrected chi connectivity index (χ0v) is 15.6. The highest BCUT2D eigenvalue weighted by molar-refractivity contribution is 8.14. The Morgan fingerprint density at radius 3 is 2.65 bits per heavy atom. The Balaban J connectivity index is 1.46. The van der Waals surface area contributed by atoms with Crippen LogP contribution in [0.1, 0.15) is 41.6 Å². The lowest BCUT2D eigenvalue weighted by Crippen LogP contribution is -2.48. The molecule has 3 heterocycles. The van der Waals surface area contributed by atoms with Crippen LogP contribution >= 0.6 is 11.8 Å². The molecule has 0 radical (unpaired) electrons. The van der Waals surface area contributed by atoms with Gasteiger partial charge in [-0.3, -0.25) is 19.3 Å². The summed E-state index contributed by atoms with van der Waals surface area (Å²) in [6, 6.07) is 8.61. The quantitative estimate of drug-likeness (QED) is 0.877. The number of imide groups is 1. The van der Waals surface area contributed by atoms with Gasteiger partial charge < -0.3 is 10.2 Å². The number of nitrogens with zero attached hydrogens (tertiary/aromatic N) is 2. The summed E-state index contributed by atoms with van der Waals surface area (Å²) in [4.78, 5) is 39.6. The Morgan fingerprint density at radius 1 is 1.27 bits per heavy atom. The molecule has 6 nitrogen and oxygen atoms in total. The van der Waals surface area contributed by atoms with Crippen LogP contribution in [0, 0.1) is 0 Å². The zero-order chi connectivity index (χ0) is 18.3. The van der Waals surface area contributed by atoms with Crippen LogP contribution in [0.15, 0.2) is 24.3 Å². The number of hydrogen-bond donors (Lipinski definition) is 1. The van der Waals surface area contributed by atoms with Gasteiger partial charge in [0.2, 0.25) is 5.91 Å². The number of carbonyl (C=O) groups is 3. The molecule has 2 atom stereocenters. The SMILES string of the molecule is CN(C(=O)c1cccc(CN2C(=O)CSC2=O)c1)C1CC2CCC(C1)N2. The lowest BCUT2D eigenvalue weighted by molar-refractivity contribution is -0.125. The number of rotatable bonds is 4. The Kier molecular flexibility index (Phi) is 4.75. The molecule has 3 amide bonds. The number of nitrogens with one attached hydrogen (secondary N) is 1. The largest absolute Gasteiger partial charge is 0.339 e. The van der Waals surface area contributed by atoms with E-state index in [-0.39, 0.29) is 35.4 Å². The van der Waals surface area contributed by atoms with E-state index in [1.165, 1.54) is 17.7 Å². The average Bonchev–Trinajstić information content (AvgIpc) is 3.15. The van der Waals surface area contributed by atoms with Crippen LogP contribution in [0.4, 0.5) is 4.79 Å². The molecular formula is C19H23N3O3S. The Hall–Kier alpha value is -1.86. The van der Waals surface area contributed by atoms with E-state index in [1.54, 1.807) is 12.1 Å². The maximum Gasteiger partial charge on any atom is 0.289 e. The van der Waals surface area contributed by atoms with Crippen LogP contribution in [-0.4, -0.2) is 57.8 Å². The number of piperidine rings is 1. The minimum absolute atomic E-state index is 0.00611. The van der Waals surface area contributed by atoms with Crippen molar-refractivity contribution in [2.24, 2.45) is 0 Å². The van der Waals surface area contributed by atoms with Gasteiger partial charge in [-0.05, 0) is 43.4 Å². The van der Waals surface area contributed by atoms with Gasteiger partial charge in [0.15, 0.2) is 0 Å². The molecule has 0 saturated carbocycles. The third kappa shape index (κ3) is 3.38. The number of carbonyl (C=O) groups excluding carboxylic acids is 3. The molecule has 138 valence electrons. The Morgan fingerprint density at radius 2 is 2.00 bits per heavy atom. The molecule has 0 aliphatic carbocycles. The molecule has 4 rings (SSSR count). The normalized spacial score (nSPS) is 27.9. The lowest BCUT2D eigenvalue weighted by atomic mass is 9.97. The van der Waals surface area contributed by atoms with Crippen LogP contribution in [0.25, 0.3) is 0 Å². The van der Waals surface area contributed by atoms with E-state index in [2.05, 4.69) is 5.32 Å². The van der Waals surface area contributed by atoms with Crippen molar-refractivity contribution in [1.29, 1.82) is 0 Å². The molecule has 2 unspecified atom stereocenters. The first-order valence-corrected chi connectivity index (χ1v) is 10.1. The first-order valence-electron chi connectivity index (χ1n) is 9.10. The molecule has 0 spiro atoms. The molecule has 7 heteroatoms. The van der Waals surface area contributed by atoms with Crippen LogP contribution < -0.4 is 5.32 Å². The van der Waals surface area contributed by atoms with Crippen molar-refractivity contribution in [3.05, 3.63) is 35.4 Å². The Labute approximate surface area is 157 Å². The van der Waals surface area contributed by atoms with Crippen molar-refractivity contribution in [2.75, 3.05) is 12.8 Å². The summed E-state index contributed by atoms with van der Waals surface area (Å²) in [5, 5.41) is 3.39. The number of amides is 3. The van der Waals surface area contributed by atoms with Crippen molar-refractivity contribution in [2.45, 2.75) is 50.4 Å². The summed E-state index contributed by atoms with van der Waals surface area (Å²) >= 11 is 1.03. The van der Waals surface area contributed by atoms with E-state index in [1.807, 2.05) is 24.1 Å².